The Hall–Kier alpha value is -3.26. The summed E-state index contributed by atoms with van der Waals surface area (Å²) in [6, 6.07) is 14.5. The lowest BCUT2D eigenvalue weighted by molar-refractivity contribution is -0.121. The first-order chi connectivity index (χ1) is 14.5. The van der Waals surface area contributed by atoms with E-state index in [1.54, 1.807) is 24.3 Å². The Kier molecular flexibility index (Phi) is 5.50. The molecule has 0 bridgehead atoms. The number of imide groups is 1. The summed E-state index contributed by atoms with van der Waals surface area (Å²) in [6.45, 7) is 1.87. The van der Waals surface area contributed by atoms with Crippen molar-refractivity contribution in [2.45, 2.75) is 31.1 Å². The van der Waals surface area contributed by atoms with Crippen molar-refractivity contribution < 1.29 is 19.2 Å². The van der Waals surface area contributed by atoms with Gasteiger partial charge in [0.1, 0.15) is 6.04 Å². The Morgan fingerprint density at radius 3 is 2.20 bits per heavy atom. The largest absolute Gasteiger partial charge is 0.304 e. The molecule has 2 heterocycles. The molecule has 1 N–H and O–H groups in total. The highest BCUT2D eigenvalue weighted by Gasteiger charge is 2.43. The topological polar surface area (TPSA) is 95.9 Å². The lowest BCUT2D eigenvalue weighted by Crippen LogP contribution is -2.46. The molecule has 0 saturated carbocycles. The van der Waals surface area contributed by atoms with E-state index in [-0.39, 0.29) is 33.9 Å². The van der Waals surface area contributed by atoms with Crippen LogP contribution in [0.5, 0.6) is 0 Å². The Balaban J connectivity index is 1.67. The van der Waals surface area contributed by atoms with Crippen LogP contribution in [0.25, 0.3) is 0 Å². The number of benzene rings is 2. The molecular weight excluding hydrogens is 402 g/mol. The molecule has 0 aliphatic carbocycles. The van der Waals surface area contributed by atoms with Crippen LogP contribution >= 0.6 is 11.8 Å². The molecule has 1 saturated heterocycles. The van der Waals surface area contributed by atoms with Gasteiger partial charge in [-0.15, -0.1) is 0 Å². The van der Waals surface area contributed by atoms with E-state index < -0.39 is 23.8 Å². The zero-order valence-electron chi connectivity index (χ0n) is 16.2. The van der Waals surface area contributed by atoms with Crippen LogP contribution in [-0.4, -0.2) is 45.0 Å². The molecule has 4 rings (SSSR count). The summed E-state index contributed by atoms with van der Waals surface area (Å²) in [5.74, 6) is -1.87. The Morgan fingerprint density at radius 2 is 1.63 bits per heavy atom. The van der Waals surface area contributed by atoms with Gasteiger partial charge in [-0.2, -0.15) is 4.99 Å². The van der Waals surface area contributed by atoms with E-state index in [1.807, 2.05) is 37.3 Å². The molecule has 2 aromatic rings. The Morgan fingerprint density at radius 1 is 1.03 bits per heavy atom. The molecule has 8 heteroatoms. The predicted molar refractivity (Wildman–Crippen MR) is 113 cm³/mol. The fourth-order valence-electron chi connectivity index (χ4n) is 3.52. The molecule has 0 unspecified atom stereocenters. The van der Waals surface area contributed by atoms with Gasteiger partial charge in [-0.3, -0.25) is 24.1 Å². The van der Waals surface area contributed by atoms with Gasteiger partial charge in [0.2, 0.25) is 5.91 Å². The number of rotatable bonds is 5. The van der Waals surface area contributed by atoms with Crippen LogP contribution < -0.4 is 5.32 Å². The summed E-state index contributed by atoms with van der Waals surface area (Å²) in [7, 11) is 0. The number of hydrogen-bond acceptors (Lipinski definition) is 5. The molecule has 1 fully saturated rings. The van der Waals surface area contributed by atoms with Crippen molar-refractivity contribution in [2.75, 3.05) is 0 Å². The average Bonchev–Trinajstić information content (AvgIpc) is 3.23. The van der Waals surface area contributed by atoms with Gasteiger partial charge in [-0.05, 0) is 24.1 Å². The normalized spacial score (nSPS) is 20.4. The van der Waals surface area contributed by atoms with E-state index in [9.17, 15) is 19.2 Å². The second-order valence-electron chi connectivity index (χ2n) is 6.99. The van der Waals surface area contributed by atoms with Gasteiger partial charge in [-0.1, -0.05) is 61.2 Å². The number of nitrogens with one attached hydrogen (secondary N) is 1. The highest BCUT2D eigenvalue weighted by Crippen LogP contribution is 2.27. The zero-order chi connectivity index (χ0) is 21.3. The lowest BCUT2D eigenvalue weighted by atomic mass is 10.0. The minimum atomic E-state index is -1.11. The van der Waals surface area contributed by atoms with Crippen molar-refractivity contribution in [3.63, 3.8) is 0 Å². The zero-order valence-corrected chi connectivity index (χ0v) is 17.0. The summed E-state index contributed by atoms with van der Waals surface area (Å²) >= 11 is 1.18. The molecule has 4 amide bonds. The molecular formula is C22H19N3O4S. The Labute approximate surface area is 177 Å². The number of amides is 4. The van der Waals surface area contributed by atoms with Crippen LogP contribution in [0.2, 0.25) is 0 Å². The van der Waals surface area contributed by atoms with Crippen molar-refractivity contribution in [1.29, 1.82) is 0 Å². The van der Waals surface area contributed by atoms with Crippen LogP contribution in [0.15, 0.2) is 59.6 Å². The summed E-state index contributed by atoms with van der Waals surface area (Å²) < 4.78 is 0. The van der Waals surface area contributed by atoms with Crippen molar-refractivity contribution in [1.82, 2.24) is 10.2 Å². The number of fused-ring (bicyclic) bond motifs is 1. The molecule has 2 aromatic carbocycles. The monoisotopic (exact) mass is 421 g/mol. The second-order valence-corrected chi connectivity index (χ2v) is 8.18. The maximum atomic E-state index is 13.1. The van der Waals surface area contributed by atoms with Crippen molar-refractivity contribution in [3.05, 3.63) is 71.3 Å². The maximum Gasteiger partial charge on any atom is 0.271 e. The highest BCUT2D eigenvalue weighted by atomic mass is 32.2. The number of carbonyl (C=O) groups is 4. The Bertz CT molecular complexity index is 1030. The molecule has 0 spiro atoms. The van der Waals surface area contributed by atoms with Crippen molar-refractivity contribution in [2.24, 2.45) is 4.99 Å². The number of carbonyl (C=O) groups excluding carboxylic acids is 4. The summed E-state index contributed by atoms with van der Waals surface area (Å²) in [4.78, 5) is 56.0. The smallest absolute Gasteiger partial charge is 0.271 e. The van der Waals surface area contributed by atoms with Gasteiger partial charge in [0.15, 0.2) is 5.17 Å². The average molecular weight is 421 g/mol. The van der Waals surface area contributed by atoms with E-state index in [4.69, 9.17) is 0 Å². The van der Waals surface area contributed by atoms with E-state index in [0.717, 1.165) is 10.5 Å². The minimum Gasteiger partial charge on any atom is -0.304 e. The molecule has 0 aromatic heterocycles. The fourth-order valence-corrected chi connectivity index (χ4v) is 4.42. The van der Waals surface area contributed by atoms with Crippen LogP contribution in [0.3, 0.4) is 0 Å². The number of nitrogens with zero attached hydrogens (tertiary/aromatic N) is 2. The fraction of sp³-hybridized carbons (Fsp3) is 0.227. The van der Waals surface area contributed by atoms with Gasteiger partial charge in [0, 0.05) is 6.42 Å². The quantitative estimate of drug-likeness (QED) is 0.748. The van der Waals surface area contributed by atoms with E-state index in [2.05, 4.69) is 10.3 Å². The third-order valence-electron chi connectivity index (χ3n) is 5.05. The predicted octanol–water partition coefficient (Wildman–Crippen LogP) is 2.42. The van der Waals surface area contributed by atoms with Crippen LogP contribution in [0.1, 0.15) is 39.6 Å². The van der Waals surface area contributed by atoms with Crippen LogP contribution in [0.4, 0.5) is 0 Å². The number of hydrogen-bond donors (Lipinski definition) is 1. The van der Waals surface area contributed by atoms with Crippen LogP contribution in [-0.2, 0) is 16.0 Å². The molecule has 2 aliphatic heterocycles. The molecule has 7 nitrogen and oxygen atoms in total. The van der Waals surface area contributed by atoms with Crippen LogP contribution in [0, 0.1) is 0 Å². The number of thioether (sulfide) groups is 1. The molecule has 2 atom stereocenters. The van der Waals surface area contributed by atoms with E-state index >= 15 is 0 Å². The van der Waals surface area contributed by atoms with E-state index in [1.165, 1.54) is 11.8 Å². The van der Waals surface area contributed by atoms with Gasteiger partial charge < -0.3 is 5.32 Å². The first-order valence-corrected chi connectivity index (χ1v) is 10.5. The van der Waals surface area contributed by atoms with Crippen molar-refractivity contribution >= 4 is 40.6 Å². The third-order valence-corrected chi connectivity index (χ3v) is 6.30. The standard InChI is InChI=1S/C22H19N3O4S/c1-2-17-19(27)24-22(30-17)23-18(26)16(12-13-8-4-3-5-9-13)25-20(28)14-10-6-7-11-15(14)21(25)29/h3-11,16-17H,2,12H2,1H3,(H,23,24,26,27)/t16-,17+/m0/s1. The summed E-state index contributed by atoms with van der Waals surface area (Å²) in [5.41, 5.74) is 1.34. The highest BCUT2D eigenvalue weighted by molar-refractivity contribution is 8.15. The minimum absolute atomic E-state index is 0.137. The molecule has 0 radical (unpaired) electrons. The lowest BCUT2D eigenvalue weighted by Gasteiger charge is -2.23. The van der Waals surface area contributed by atoms with Crippen molar-refractivity contribution in [3.8, 4) is 0 Å². The summed E-state index contributed by atoms with van der Waals surface area (Å²) in [5, 5.41) is 2.50. The SMILES string of the molecule is CC[C@H]1SC(=NC(=O)[C@H](Cc2ccccc2)N2C(=O)c3ccccc3C2=O)NC1=O. The summed E-state index contributed by atoms with van der Waals surface area (Å²) in [6.07, 6.45) is 0.743. The molecule has 2 aliphatic rings. The first-order valence-electron chi connectivity index (χ1n) is 9.60. The first kappa shape index (κ1) is 20.0. The van der Waals surface area contributed by atoms with Gasteiger partial charge in [0.05, 0.1) is 16.4 Å². The molecule has 152 valence electrons. The van der Waals surface area contributed by atoms with Gasteiger partial charge in [0.25, 0.3) is 17.7 Å². The second kappa shape index (κ2) is 8.23. The maximum absolute atomic E-state index is 13.1. The van der Waals surface area contributed by atoms with Gasteiger partial charge in [-0.25, -0.2) is 0 Å². The van der Waals surface area contributed by atoms with Gasteiger partial charge >= 0.3 is 0 Å². The number of aliphatic imine (C=N–C) groups is 1. The van der Waals surface area contributed by atoms with E-state index in [0.29, 0.717) is 6.42 Å². The number of amidine groups is 1. The third kappa shape index (κ3) is 3.66. The molecule has 30 heavy (non-hydrogen) atoms.